The Kier molecular flexibility index (Phi) is 2.55. The summed E-state index contributed by atoms with van der Waals surface area (Å²) in [7, 11) is 1.25. The molecule has 1 rings (SSSR count). The van der Waals surface area contributed by atoms with Crippen LogP contribution in [0, 0.1) is 0 Å². The molecule has 0 bridgehead atoms. The minimum absolute atomic E-state index is 0.0574. The van der Waals surface area contributed by atoms with Gasteiger partial charge in [-0.25, -0.2) is 4.79 Å². The zero-order valence-electron chi connectivity index (χ0n) is 7.36. The van der Waals surface area contributed by atoms with Crippen LogP contribution in [-0.4, -0.2) is 30.3 Å². The fourth-order valence-electron chi connectivity index (χ4n) is 1.02. The van der Waals surface area contributed by atoms with Crippen molar-refractivity contribution in [2.45, 2.75) is 19.4 Å². The van der Waals surface area contributed by atoms with Crippen LogP contribution in [0.5, 0.6) is 0 Å². The maximum absolute atomic E-state index is 10.8. The summed E-state index contributed by atoms with van der Waals surface area (Å²) in [4.78, 5) is 21.6. The minimum Gasteiger partial charge on any atom is -0.502 e. The zero-order chi connectivity index (χ0) is 10.0. The Hall–Kier alpha value is -1.52. The van der Waals surface area contributed by atoms with Crippen LogP contribution in [0.3, 0.4) is 0 Å². The molecule has 0 saturated heterocycles. The molecule has 5 nitrogen and oxygen atoms in total. The number of hydrogen-bond acceptors (Lipinski definition) is 5. The Morgan fingerprint density at radius 3 is 2.69 bits per heavy atom. The minimum atomic E-state index is -0.786. The summed E-state index contributed by atoms with van der Waals surface area (Å²) in [5, 5.41) is 9.08. The summed E-state index contributed by atoms with van der Waals surface area (Å²) in [5.41, 5.74) is 0.371. The van der Waals surface area contributed by atoms with E-state index < -0.39 is 23.8 Å². The van der Waals surface area contributed by atoms with Gasteiger partial charge in [0.15, 0.2) is 0 Å². The Morgan fingerprint density at radius 1 is 1.69 bits per heavy atom. The van der Waals surface area contributed by atoms with Crippen LogP contribution >= 0.6 is 0 Å². The second-order valence-corrected chi connectivity index (χ2v) is 2.71. The highest BCUT2D eigenvalue weighted by atomic mass is 16.6. The van der Waals surface area contributed by atoms with E-state index in [0.29, 0.717) is 5.57 Å². The van der Waals surface area contributed by atoms with Crippen molar-refractivity contribution < 1.29 is 24.2 Å². The van der Waals surface area contributed by atoms with Crippen LogP contribution in [-0.2, 0) is 19.1 Å². The number of rotatable bonds is 2. The van der Waals surface area contributed by atoms with Gasteiger partial charge in [0, 0.05) is 5.57 Å². The Labute approximate surface area is 74.9 Å². The molecule has 1 aliphatic heterocycles. The number of esters is 2. The molecule has 0 aromatic carbocycles. The molecule has 0 saturated carbocycles. The highest BCUT2D eigenvalue weighted by Crippen LogP contribution is 2.22. The third-order valence-corrected chi connectivity index (χ3v) is 1.88. The van der Waals surface area contributed by atoms with Crippen LogP contribution in [0.15, 0.2) is 11.3 Å². The first-order valence-electron chi connectivity index (χ1n) is 3.73. The standard InChI is InChI=1S/C8H10O5/c1-4-5(3-6(9)12-2)13-8(11)7(4)10/h5,10H,3H2,1-2H3. The number of cyclic esters (lactones) is 1. The first kappa shape index (κ1) is 9.57. The SMILES string of the molecule is COC(=O)CC1OC(=O)C(O)=C1C. The molecular weight excluding hydrogens is 176 g/mol. The van der Waals surface area contributed by atoms with Gasteiger partial charge >= 0.3 is 11.9 Å². The average molecular weight is 186 g/mol. The van der Waals surface area contributed by atoms with E-state index in [1.165, 1.54) is 14.0 Å². The molecule has 0 aromatic heterocycles. The number of carbonyl (C=O) groups excluding carboxylic acids is 2. The van der Waals surface area contributed by atoms with Crippen molar-refractivity contribution in [1.29, 1.82) is 0 Å². The molecule has 0 aliphatic carbocycles. The van der Waals surface area contributed by atoms with Crippen molar-refractivity contribution in [2.75, 3.05) is 7.11 Å². The van der Waals surface area contributed by atoms with E-state index in [1.807, 2.05) is 0 Å². The third-order valence-electron chi connectivity index (χ3n) is 1.88. The molecule has 72 valence electrons. The van der Waals surface area contributed by atoms with E-state index in [-0.39, 0.29) is 6.42 Å². The first-order valence-corrected chi connectivity index (χ1v) is 3.73. The summed E-state index contributed by atoms with van der Waals surface area (Å²) >= 11 is 0. The van der Waals surface area contributed by atoms with E-state index in [4.69, 9.17) is 9.84 Å². The normalized spacial score (nSPS) is 21.7. The fraction of sp³-hybridized carbons (Fsp3) is 0.500. The number of aliphatic hydroxyl groups excluding tert-OH is 1. The molecule has 1 N–H and O–H groups in total. The number of aliphatic hydroxyl groups is 1. The van der Waals surface area contributed by atoms with Gasteiger partial charge in [-0.3, -0.25) is 4.79 Å². The monoisotopic (exact) mass is 186 g/mol. The van der Waals surface area contributed by atoms with Crippen molar-refractivity contribution in [3.8, 4) is 0 Å². The van der Waals surface area contributed by atoms with Crippen molar-refractivity contribution in [3.05, 3.63) is 11.3 Å². The lowest BCUT2D eigenvalue weighted by atomic mass is 10.1. The van der Waals surface area contributed by atoms with Crippen molar-refractivity contribution in [1.82, 2.24) is 0 Å². The molecule has 0 amide bonds. The van der Waals surface area contributed by atoms with Gasteiger partial charge in [0.1, 0.15) is 6.10 Å². The maximum atomic E-state index is 10.8. The Balaban J connectivity index is 2.66. The summed E-state index contributed by atoms with van der Waals surface area (Å²) in [5.74, 6) is -1.67. The lowest BCUT2D eigenvalue weighted by Crippen LogP contribution is -2.17. The summed E-state index contributed by atoms with van der Waals surface area (Å²) in [6.07, 6.45) is -0.738. The van der Waals surface area contributed by atoms with Gasteiger partial charge in [-0.05, 0) is 6.92 Å². The van der Waals surface area contributed by atoms with Crippen LogP contribution in [0.4, 0.5) is 0 Å². The average Bonchev–Trinajstić information content (AvgIpc) is 2.34. The van der Waals surface area contributed by atoms with Crippen molar-refractivity contribution >= 4 is 11.9 Å². The number of ether oxygens (including phenoxy) is 2. The molecule has 0 aromatic rings. The van der Waals surface area contributed by atoms with Gasteiger partial charge < -0.3 is 14.6 Å². The van der Waals surface area contributed by atoms with E-state index in [2.05, 4.69) is 4.74 Å². The summed E-state index contributed by atoms with van der Waals surface area (Å²) in [6, 6.07) is 0. The smallest absolute Gasteiger partial charge is 0.374 e. The van der Waals surface area contributed by atoms with E-state index in [1.54, 1.807) is 0 Å². The predicted octanol–water partition coefficient (Wildman–Crippen LogP) is 0.307. The van der Waals surface area contributed by atoms with Gasteiger partial charge in [0.25, 0.3) is 0 Å². The van der Waals surface area contributed by atoms with Crippen LogP contribution in [0.1, 0.15) is 13.3 Å². The predicted molar refractivity (Wildman–Crippen MR) is 41.8 cm³/mol. The van der Waals surface area contributed by atoms with E-state index in [9.17, 15) is 9.59 Å². The van der Waals surface area contributed by atoms with E-state index >= 15 is 0 Å². The Morgan fingerprint density at radius 2 is 2.31 bits per heavy atom. The molecule has 1 aliphatic rings. The van der Waals surface area contributed by atoms with Crippen LogP contribution in [0.25, 0.3) is 0 Å². The Bertz CT molecular complexity index is 278. The first-order chi connectivity index (χ1) is 6.06. The largest absolute Gasteiger partial charge is 0.502 e. The van der Waals surface area contributed by atoms with Crippen molar-refractivity contribution in [3.63, 3.8) is 0 Å². The van der Waals surface area contributed by atoms with Gasteiger partial charge in [0.05, 0.1) is 13.5 Å². The fourth-order valence-corrected chi connectivity index (χ4v) is 1.02. The lowest BCUT2D eigenvalue weighted by Gasteiger charge is -2.08. The highest BCUT2D eigenvalue weighted by molar-refractivity contribution is 5.90. The molecule has 0 fully saturated rings. The lowest BCUT2D eigenvalue weighted by molar-refractivity contribution is -0.148. The quantitative estimate of drug-likeness (QED) is 0.628. The summed E-state index contributed by atoms with van der Waals surface area (Å²) in [6.45, 7) is 1.54. The summed E-state index contributed by atoms with van der Waals surface area (Å²) < 4.78 is 9.09. The molecular formula is C8H10O5. The van der Waals surface area contributed by atoms with Gasteiger partial charge in [-0.1, -0.05) is 0 Å². The second kappa shape index (κ2) is 3.47. The molecule has 5 heteroatoms. The van der Waals surface area contributed by atoms with Crippen LogP contribution < -0.4 is 0 Å². The van der Waals surface area contributed by atoms with Crippen molar-refractivity contribution in [2.24, 2.45) is 0 Å². The number of methoxy groups -OCH3 is 1. The van der Waals surface area contributed by atoms with Gasteiger partial charge in [-0.15, -0.1) is 0 Å². The molecule has 0 radical (unpaired) electrons. The maximum Gasteiger partial charge on any atom is 0.374 e. The molecule has 1 atom stereocenters. The van der Waals surface area contributed by atoms with E-state index in [0.717, 1.165) is 0 Å². The molecule has 1 heterocycles. The zero-order valence-corrected chi connectivity index (χ0v) is 7.36. The number of carbonyl (C=O) groups is 2. The third kappa shape index (κ3) is 1.80. The second-order valence-electron chi connectivity index (χ2n) is 2.71. The highest BCUT2D eigenvalue weighted by Gasteiger charge is 2.32. The topological polar surface area (TPSA) is 72.8 Å². The van der Waals surface area contributed by atoms with Crippen LogP contribution in [0.2, 0.25) is 0 Å². The van der Waals surface area contributed by atoms with Gasteiger partial charge in [0.2, 0.25) is 5.76 Å². The molecule has 0 spiro atoms. The molecule has 1 unspecified atom stereocenters. The molecule has 13 heavy (non-hydrogen) atoms. The number of hydrogen-bond donors (Lipinski definition) is 1. The van der Waals surface area contributed by atoms with Gasteiger partial charge in [-0.2, -0.15) is 0 Å².